The number of piperidine rings is 3. The maximum Gasteiger partial charge on any atom is 0.185 e. The van der Waals surface area contributed by atoms with Gasteiger partial charge in [-0.25, -0.2) is 0 Å². The third-order valence-electron chi connectivity index (χ3n) is 3.37. The van der Waals surface area contributed by atoms with Crippen molar-refractivity contribution < 1.29 is 9.90 Å². The van der Waals surface area contributed by atoms with Gasteiger partial charge in [0.05, 0.1) is 5.60 Å². The van der Waals surface area contributed by atoms with Gasteiger partial charge < -0.3 is 10.0 Å². The minimum atomic E-state index is -0.604. The molecule has 0 aliphatic carbocycles. The standard InChI is InChI=1S/C10H17NO2S/c1-8(12)14-7-10(13)6-11-4-2-9(10)3-5-11/h9,13H,2-7H2,1H3/t10-/m0/s1. The molecular weight excluding hydrogens is 198 g/mol. The van der Waals surface area contributed by atoms with E-state index in [-0.39, 0.29) is 5.12 Å². The molecule has 0 aromatic carbocycles. The number of rotatable bonds is 2. The lowest BCUT2D eigenvalue weighted by molar-refractivity contribution is -0.110. The zero-order valence-corrected chi connectivity index (χ0v) is 9.35. The van der Waals surface area contributed by atoms with E-state index in [9.17, 15) is 9.90 Å². The average Bonchev–Trinajstić information content (AvgIpc) is 2.16. The van der Waals surface area contributed by atoms with Gasteiger partial charge in [-0.3, -0.25) is 4.79 Å². The minimum absolute atomic E-state index is 0.106. The van der Waals surface area contributed by atoms with Gasteiger partial charge in [-0.2, -0.15) is 0 Å². The van der Waals surface area contributed by atoms with E-state index < -0.39 is 5.60 Å². The van der Waals surface area contributed by atoms with Gasteiger partial charge in [-0.1, -0.05) is 11.8 Å². The molecule has 0 saturated carbocycles. The summed E-state index contributed by atoms with van der Waals surface area (Å²) in [7, 11) is 0. The van der Waals surface area contributed by atoms with Crippen LogP contribution in [0.25, 0.3) is 0 Å². The average molecular weight is 215 g/mol. The van der Waals surface area contributed by atoms with Crippen molar-refractivity contribution in [1.82, 2.24) is 4.90 Å². The number of carbonyl (C=O) groups excluding carboxylic acids is 1. The highest BCUT2D eigenvalue weighted by molar-refractivity contribution is 8.13. The Balaban J connectivity index is 1.97. The van der Waals surface area contributed by atoms with Gasteiger partial charge in [0, 0.05) is 19.2 Å². The molecule has 3 aliphatic rings. The number of hydrogen-bond donors (Lipinski definition) is 1. The molecule has 1 N–H and O–H groups in total. The van der Waals surface area contributed by atoms with E-state index in [1.54, 1.807) is 6.92 Å². The van der Waals surface area contributed by atoms with Gasteiger partial charge in [0.1, 0.15) is 0 Å². The summed E-state index contributed by atoms with van der Waals surface area (Å²) < 4.78 is 0. The van der Waals surface area contributed by atoms with Crippen molar-refractivity contribution in [2.24, 2.45) is 5.92 Å². The Morgan fingerprint density at radius 2 is 2.21 bits per heavy atom. The molecule has 3 heterocycles. The van der Waals surface area contributed by atoms with Crippen molar-refractivity contribution >= 4 is 16.9 Å². The van der Waals surface area contributed by atoms with Crippen LogP contribution < -0.4 is 0 Å². The van der Waals surface area contributed by atoms with Crippen molar-refractivity contribution in [1.29, 1.82) is 0 Å². The topological polar surface area (TPSA) is 40.5 Å². The highest BCUT2D eigenvalue weighted by Gasteiger charge is 2.45. The molecule has 0 amide bonds. The fraction of sp³-hybridized carbons (Fsp3) is 0.900. The number of aliphatic hydroxyl groups is 1. The molecule has 3 rings (SSSR count). The first-order chi connectivity index (χ1) is 6.60. The van der Waals surface area contributed by atoms with Crippen LogP contribution in [0, 0.1) is 5.92 Å². The summed E-state index contributed by atoms with van der Waals surface area (Å²) >= 11 is 1.26. The van der Waals surface area contributed by atoms with Gasteiger partial charge in [0.25, 0.3) is 0 Å². The summed E-state index contributed by atoms with van der Waals surface area (Å²) in [5, 5.41) is 10.5. The Labute approximate surface area is 88.9 Å². The molecule has 3 saturated heterocycles. The summed E-state index contributed by atoms with van der Waals surface area (Å²) in [4.78, 5) is 13.2. The van der Waals surface area contributed by atoms with Crippen molar-refractivity contribution in [3.63, 3.8) is 0 Å². The summed E-state index contributed by atoms with van der Waals surface area (Å²) in [6.45, 7) is 4.57. The van der Waals surface area contributed by atoms with Crippen molar-refractivity contribution in [3.8, 4) is 0 Å². The van der Waals surface area contributed by atoms with Crippen LogP contribution in [0.5, 0.6) is 0 Å². The molecule has 0 unspecified atom stereocenters. The van der Waals surface area contributed by atoms with Gasteiger partial charge in [0.2, 0.25) is 0 Å². The minimum Gasteiger partial charge on any atom is -0.387 e. The maximum absolute atomic E-state index is 10.9. The van der Waals surface area contributed by atoms with E-state index in [0.29, 0.717) is 11.7 Å². The first kappa shape index (κ1) is 10.5. The first-order valence-electron chi connectivity index (χ1n) is 5.18. The highest BCUT2D eigenvalue weighted by Crippen LogP contribution is 2.37. The normalized spacial score (nSPS) is 41.3. The van der Waals surface area contributed by atoms with Gasteiger partial charge in [0.15, 0.2) is 5.12 Å². The monoisotopic (exact) mass is 215 g/mol. The molecule has 3 nitrogen and oxygen atoms in total. The molecule has 14 heavy (non-hydrogen) atoms. The zero-order valence-electron chi connectivity index (χ0n) is 8.53. The Morgan fingerprint density at radius 1 is 1.57 bits per heavy atom. The van der Waals surface area contributed by atoms with E-state index in [0.717, 1.165) is 32.5 Å². The summed E-state index contributed by atoms with van der Waals surface area (Å²) in [5.74, 6) is 0.989. The fourth-order valence-corrected chi connectivity index (χ4v) is 3.32. The number of nitrogens with zero attached hydrogens (tertiary/aromatic N) is 1. The Bertz CT molecular complexity index is 238. The number of carbonyl (C=O) groups is 1. The van der Waals surface area contributed by atoms with Crippen LogP contribution in [0.2, 0.25) is 0 Å². The predicted molar refractivity (Wildman–Crippen MR) is 57.3 cm³/mol. The van der Waals surface area contributed by atoms with Crippen molar-refractivity contribution in [3.05, 3.63) is 0 Å². The largest absolute Gasteiger partial charge is 0.387 e. The van der Waals surface area contributed by atoms with Crippen LogP contribution in [0.4, 0.5) is 0 Å². The molecular formula is C10H17NO2S. The number of hydrogen-bond acceptors (Lipinski definition) is 4. The van der Waals surface area contributed by atoms with Gasteiger partial charge in [-0.05, 0) is 31.8 Å². The molecule has 2 bridgehead atoms. The van der Waals surface area contributed by atoms with Crippen molar-refractivity contribution in [2.45, 2.75) is 25.4 Å². The van der Waals surface area contributed by atoms with Gasteiger partial charge >= 0.3 is 0 Å². The SMILES string of the molecule is CC(=O)SC[C@@]1(O)CN2CCC1CC2. The molecule has 0 radical (unpaired) electrons. The van der Waals surface area contributed by atoms with Crippen LogP contribution in [0.1, 0.15) is 19.8 Å². The summed E-state index contributed by atoms with van der Waals surface area (Å²) in [6.07, 6.45) is 2.18. The van der Waals surface area contributed by atoms with E-state index in [1.807, 2.05) is 0 Å². The molecule has 0 spiro atoms. The second-order valence-corrected chi connectivity index (χ2v) is 5.59. The Morgan fingerprint density at radius 3 is 2.64 bits per heavy atom. The number of fused-ring (bicyclic) bond motifs is 3. The quantitative estimate of drug-likeness (QED) is 0.737. The predicted octanol–water partition coefficient (Wildman–Crippen LogP) is 0.723. The lowest BCUT2D eigenvalue weighted by Crippen LogP contribution is -2.60. The lowest BCUT2D eigenvalue weighted by atomic mass is 9.76. The molecule has 1 atom stereocenters. The Kier molecular flexibility index (Phi) is 2.86. The third kappa shape index (κ3) is 1.97. The maximum atomic E-state index is 10.9. The molecule has 4 heteroatoms. The smallest absolute Gasteiger partial charge is 0.185 e. The highest BCUT2D eigenvalue weighted by atomic mass is 32.2. The van der Waals surface area contributed by atoms with Crippen molar-refractivity contribution in [2.75, 3.05) is 25.4 Å². The van der Waals surface area contributed by atoms with E-state index in [2.05, 4.69) is 4.90 Å². The molecule has 3 fully saturated rings. The summed E-state index contributed by atoms with van der Waals surface area (Å²) in [6, 6.07) is 0. The van der Waals surface area contributed by atoms with Crippen LogP contribution in [-0.4, -0.2) is 46.1 Å². The van der Waals surface area contributed by atoms with Gasteiger partial charge in [-0.15, -0.1) is 0 Å². The first-order valence-corrected chi connectivity index (χ1v) is 6.17. The second-order valence-electron chi connectivity index (χ2n) is 4.43. The Hall–Kier alpha value is -0.0600. The van der Waals surface area contributed by atoms with E-state index in [4.69, 9.17) is 0 Å². The van der Waals surface area contributed by atoms with E-state index in [1.165, 1.54) is 11.8 Å². The summed E-state index contributed by atoms with van der Waals surface area (Å²) in [5.41, 5.74) is -0.604. The molecule has 3 aliphatic heterocycles. The molecule has 0 aromatic rings. The van der Waals surface area contributed by atoms with Crippen LogP contribution in [0.15, 0.2) is 0 Å². The van der Waals surface area contributed by atoms with Crippen LogP contribution in [-0.2, 0) is 4.79 Å². The van der Waals surface area contributed by atoms with E-state index >= 15 is 0 Å². The second kappa shape index (κ2) is 3.83. The fourth-order valence-electron chi connectivity index (χ4n) is 2.53. The zero-order chi connectivity index (χ0) is 10.2. The lowest BCUT2D eigenvalue weighted by Gasteiger charge is -2.50. The number of thioether (sulfide) groups is 1. The third-order valence-corrected chi connectivity index (χ3v) is 4.42. The van der Waals surface area contributed by atoms with Crippen LogP contribution in [0.3, 0.4) is 0 Å². The molecule has 0 aromatic heterocycles. The van der Waals surface area contributed by atoms with Crippen LogP contribution >= 0.6 is 11.8 Å². The molecule has 80 valence electrons.